The van der Waals surface area contributed by atoms with Crippen molar-refractivity contribution in [3.8, 4) is 0 Å². The molecule has 0 saturated carbocycles. The lowest BCUT2D eigenvalue weighted by atomic mass is 9.92. The highest BCUT2D eigenvalue weighted by Gasteiger charge is 2.52. The summed E-state index contributed by atoms with van der Waals surface area (Å²) in [6, 6.07) is 0. The lowest BCUT2D eigenvalue weighted by Crippen LogP contribution is -2.67. The highest BCUT2D eigenvalue weighted by atomic mass is 32.2. The molecule has 0 N–H and O–H groups in total. The number of carbonyl (C=O) groups is 1. The third kappa shape index (κ3) is 1.78. The van der Waals surface area contributed by atoms with Gasteiger partial charge in [-0.15, -0.1) is 11.8 Å². The minimum atomic E-state index is -0.233. The van der Waals surface area contributed by atoms with Gasteiger partial charge in [0.05, 0.1) is 13.1 Å². The molecule has 0 aliphatic carbocycles. The maximum atomic E-state index is 12.0. The van der Waals surface area contributed by atoms with Crippen LogP contribution in [-0.2, 0) is 4.79 Å². The van der Waals surface area contributed by atoms with Crippen molar-refractivity contribution in [1.82, 2.24) is 9.80 Å². The van der Waals surface area contributed by atoms with E-state index < -0.39 is 0 Å². The molecule has 0 radical (unpaired) electrons. The highest BCUT2D eigenvalue weighted by molar-refractivity contribution is 8.01. The van der Waals surface area contributed by atoms with Gasteiger partial charge in [-0.25, -0.2) is 0 Å². The monoisotopic (exact) mass is 228 g/mol. The summed E-state index contributed by atoms with van der Waals surface area (Å²) in [5, 5.41) is 0. The zero-order chi connectivity index (χ0) is 11.3. The van der Waals surface area contributed by atoms with E-state index in [9.17, 15) is 4.79 Å². The fourth-order valence-electron chi connectivity index (χ4n) is 2.19. The fraction of sp³-hybridized carbons (Fsp3) is 0.909. The van der Waals surface area contributed by atoms with Gasteiger partial charge in [0.25, 0.3) is 0 Å². The second-order valence-corrected chi connectivity index (χ2v) is 7.08. The molecule has 0 aromatic rings. The molecular formula is C11H20N2OS. The summed E-state index contributed by atoms with van der Waals surface area (Å²) in [6.45, 7) is 8.94. The van der Waals surface area contributed by atoms with E-state index in [1.165, 1.54) is 5.75 Å². The molecule has 2 aliphatic rings. The smallest absolute Gasteiger partial charge is 0.228 e. The SMILES string of the molecule is CN1CCSC12CN(C(=O)C(C)(C)C)C2. The van der Waals surface area contributed by atoms with Crippen LogP contribution in [0.4, 0.5) is 0 Å². The van der Waals surface area contributed by atoms with Crippen molar-refractivity contribution in [2.45, 2.75) is 25.6 Å². The Morgan fingerprint density at radius 1 is 1.33 bits per heavy atom. The molecule has 2 aliphatic heterocycles. The Morgan fingerprint density at radius 3 is 2.33 bits per heavy atom. The number of likely N-dealkylation sites (N-methyl/N-ethyl adjacent to an activating group) is 1. The predicted molar refractivity (Wildman–Crippen MR) is 63.9 cm³/mol. The number of carbonyl (C=O) groups excluding carboxylic acids is 1. The van der Waals surface area contributed by atoms with Crippen LogP contribution in [0.1, 0.15) is 20.8 Å². The second-order valence-electron chi connectivity index (χ2n) is 5.63. The average molecular weight is 228 g/mol. The van der Waals surface area contributed by atoms with Gasteiger partial charge in [-0.05, 0) is 7.05 Å². The molecule has 86 valence electrons. The van der Waals surface area contributed by atoms with Gasteiger partial charge in [0.2, 0.25) is 5.91 Å². The van der Waals surface area contributed by atoms with Gasteiger partial charge in [-0.3, -0.25) is 9.69 Å². The van der Waals surface area contributed by atoms with E-state index in [2.05, 4.69) is 11.9 Å². The van der Waals surface area contributed by atoms with Gasteiger partial charge < -0.3 is 4.90 Å². The van der Waals surface area contributed by atoms with Gasteiger partial charge >= 0.3 is 0 Å². The first-order chi connectivity index (χ1) is 6.85. The first-order valence-corrected chi connectivity index (χ1v) is 6.48. The molecule has 2 rings (SSSR count). The van der Waals surface area contributed by atoms with E-state index in [4.69, 9.17) is 0 Å². The number of amides is 1. The van der Waals surface area contributed by atoms with E-state index >= 15 is 0 Å². The molecule has 0 bridgehead atoms. The standard InChI is InChI=1S/C11H20N2OS/c1-10(2,3)9(14)13-7-11(8-13)12(4)5-6-15-11/h5-8H2,1-4H3. The molecule has 4 heteroatoms. The molecule has 3 nitrogen and oxygen atoms in total. The van der Waals surface area contributed by atoms with Crippen LogP contribution in [-0.4, -0.2) is 53.0 Å². The third-order valence-electron chi connectivity index (χ3n) is 3.30. The average Bonchev–Trinajstić information content (AvgIpc) is 2.41. The van der Waals surface area contributed by atoms with Crippen LogP contribution in [0.5, 0.6) is 0 Å². The summed E-state index contributed by atoms with van der Waals surface area (Å²) in [5.74, 6) is 1.49. The van der Waals surface area contributed by atoms with Crippen LogP contribution >= 0.6 is 11.8 Å². The van der Waals surface area contributed by atoms with Crippen molar-refractivity contribution < 1.29 is 4.79 Å². The molecular weight excluding hydrogens is 208 g/mol. The first kappa shape index (κ1) is 11.3. The second kappa shape index (κ2) is 3.39. The Labute approximate surface area is 96.2 Å². The Hall–Kier alpha value is -0.220. The van der Waals surface area contributed by atoms with E-state index in [-0.39, 0.29) is 16.2 Å². The number of thioether (sulfide) groups is 1. The summed E-state index contributed by atoms with van der Waals surface area (Å²) in [4.78, 5) is 16.6. The fourth-order valence-corrected chi connectivity index (χ4v) is 3.74. The Bertz CT molecular complexity index is 279. The predicted octanol–water partition coefficient (Wildman–Crippen LogP) is 1.25. The summed E-state index contributed by atoms with van der Waals surface area (Å²) in [5.41, 5.74) is -0.233. The molecule has 2 heterocycles. The summed E-state index contributed by atoms with van der Waals surface area (Å²) >= 11 is 2.00. The van der Waals surface area contributed by atoms with Crippen molar-refractivity contribution in [1.29, 1.82) is 0 Å². The molecule has 0 aromatic carbocycles. The molecule has 2 saturated heterocycles. The van der Waals surface area contributed by atoms with Gasteiger partial charge in [-0.2, -0.15) is 0 Å². The lowest BCUT2D eigenvalue weighted by Gasteiger charge is -2.52. The lowest BCUT2D eigenvalue weighted by molar-refractivity contribution is -0.147. The zero-order valence-electron chi connectivity index (χ0n) is 10.0. The zero-order valence-corrected chi connectivity index (χ0v) is 10.9. The summed E-state index contributed by atoms with van der Waals surface area (Å²) in [7, 11) is 2.17. The number of hydrogen-bond donors (Lipinski definition) is 0. The molecule has 2 fully saturated rings. The van der Waals surface area contributed by atoms with Crippen LogP contribution in [0.3, 0.4) is 0 Å². The van der Waals surface area contributed by atoms with Crippen LogP contribution in [0.25, 0.3) is 0 Å². The molecule has 0 unspecified atom stereocenters. The summed E-state index contributed by atoms with van der Waals surface area (Å²) < 4.78 is 0. The first-order valence-electron chi connectivity index (χ1n) is 5.50. The van der Waals surface area contributed by atoms with E-state index in [1.54, 1.807) is 0 Å². The maximum absolute atomic E-state index is 12.0. The Morgan fingerprint density at radius 2 is 1.93 bits per heavy atom. The number of nitrogens with zero attached hydrogens (tertiary/aromatic N) is 2. The maximum Gasteiger partial charge on any atom is 0.228 e. The van der Waals surface area contributed by atoms with Crippen LogP contribution in [0, 0.1) is 5.41 Å². The molecule has 0 aromatic heterocycles. The van der Waals surface area contributed by atoms with Crippen LogP contribution < -0.4 is 0 Å². The summed E-state index contributed by atoms with van der Waals surface area (Å²) in [6.07, 6.45) is 0. The Kier molecular flexibility index (Phi) is 2.54. The quantitative estimate of drug-likeness (QED) is 0.623. The van der Waals surface area contributed by atoms with Gasteiger partial charge in [0.1, 0.15) is 4.87 Å². The highest BCUT2D eigenvalue weighted by Crippen LogP contribution is 2.43. The molecule has 1 spiro atoms. The van der Waals surface area contributed by atoms with Crippen molar-refractivity contribution in [2.24, 2.45) is 5.41 Å². The van der Waals surface area contributed by atoms with E-state index in [1.807, 2.05) is 37.4 Å². The van der Waals surface area contributed by atoms with Crippen molar-refractivity contribution >= 4 is 17.7 Å². The number of rotatable bonds is 0. The topological polar surface area (TPSA) is 23.6 Å². The van der Waals surface area contributed by atoms with E-state index in [0.29, 0.717) is 0 Å². The van der Waals surface area contributed by atoms with Crippen LogP contribution in [0.2, 0.25) is 0 Å². The molecule has 0 atom stereocenters. The van der Waals surface area contributed by atoms with Gasteiger partial charge in [0.15, 0.2) is 0 Å². The van der Waals surface area contributed by atoms with E-state index in [0.717, 1.165) is 19.6 Å². The van der Waals surface area contributed by atoms with Gasteiger partial charge in [-0.1, -0.05) is 20.8 Å². The molecule has 1 amide bonds. The van der Waals surface area contributed by atoms with Gasteiger partial charge in [0, 0.05) is 17.7 Å². The minimum absolute atomic E-state index is 0.233. The number of hydrogen-bond acceptors (Lipinski definition) is 3. The number of likely N-dealkylation sites (tertiary alicyclic amines) is 1. The van der Waals surface area contributed by atoms with Crippen molar-refractivity contribution in [2.75, 3.05) is 32.4 Å². The molecule has 15 heavy (non-hydrogen) atoms. The largest absolute Gasteiger partial charge is 0.337 e. The van der Waals surface area contributed by atoms with Crippen molar-refractivity contribution in [3.63, 3.8) is 0 Å². The normalized spacial score (nSPS) is 25.7. The Balaban J connectivity index is 1.96. The van der Waals surface area contributed by atoms with Crippen molar-refractivity contribution in [3.05, 3.63) is 0 Å². The third-order valence-corrected chi connectivity index (χ3v) is 4.79. The minimum Gasteiger partial charge on any atom is -0.337 e. The van der Waals surface area contributed by atoms with Crippen LogP contribution in [0.15, 0.2) is 0 Å².